The van der Waals surface area contributed by atoms with E-state index in [0.717, 1.165) is 10.5 Å². The van der Waals surface area contributed by atoms with E-state index in [4.69, 9.17) is 9.47 Å². The van der Waals surface area contributed by atoms with Crippen LogP contribution in [0.1, 0.15) is 12.5 Å². The molecule has 9 heteroatoms. The molecule has 1 aliphatic heterocycles. The number of carbonyl (C=O) groups is 1. The first-order chi connectivity index (χ1) is 14.4. The lowest BCUT2D eigenvalue weighted by atomic mass is 10.2. The summed E-state index contributed by atoms with van der Waals surface area (Å²) in [5.41, 5.74) is 1.52. The summed E-state index contributed by atoms with van der Waals surface area (Å²) in [6, 6.07) is 12.6. The van der Waals surface area contributed by atoms with E-state index in [0.29, 0.717) is 25.5 Å². The minimum Gasteiger partial charge on any atom is -0.492 e. The first-order valence-corrected chi connectivity index (χ1v) is 12.2. The highest BCUT2D eigenvalue weighted by Crippen LogP contribution is 2.31. The van der Waals surface area contributed by atoms with Crippen LogP contribution in [0.15, 0.2) is 52.3 Å². The van der Waals surface area contributed by atoms with Crippen molar-refractivity contribution >= 4 is 33.4 Å². The molecule has 2 aromatic carbocycles. The van der Waals surface area contributed by atoms with Gasteiger partial charge in [-0.1, -0.05) is 18.2 Å². The van der Waals surface area contributed by atoms with E-state index in [1.807, 2.05) is 31.2 Å². The lowest BCUT2D eigenvalue weighted by molar-refractivity contribution is -0.113. The summed E-state index contributed by atoms with van der Waals surface area (Å²) in [6.45, 7) is 5.42. The topological polar surface area (TPSA) is 84.9 Å². The number of anilines is 1. The van der Waals surface area contributed by atoms with Gasteiger partial charge in [-0.05, 0) is 43.7 Å². The van der Waals surface area contributed by atoms with Gasteiger partial charge in [0, 0.05) is 23.7 Å². The zero-order valence-electron chi connectivity index (χ0n) is 17.1. The van der Waals surface area contributed by atoms with E-state index in [-0.39, 0.29) is 35.4 Å². The van der Waals surface area contributed by atoms with Gasteiger partial charge in [-0.15, -0.1) is 11.8 Å². The second kappa shape index (κ2) is 10.3. The molecule has 0 bridgehead atoms. The molecule has 0 spiro atoms. The summed E-state index contributed by atoms with van der Waals surface area (Å²) in [5.74, 6) is 0.294. The van der Waals surface area contributed by atoms with Crippen LogP contribution in [-0.2, 0) is 19.6 Å². The highest BCUT2D eigenvalue weighted by atomic mass is 32.2. The average Bonchev–Trinajstić information content (AvgIpc) is 2.75. The zero-order chi connectivity index (χ0) is 21.6. The number of thioether (sulfide) groups is 1. The van der Waals surface area contributed by atoms with Gasteiger partial charge >= 0.3 is 0 Å². The number of sulfonamides is 1. The number of benzene rings is 2. The molecular weight excluding hydrogens is 424 g/mol. The fraction of sp³-hybridized carbons (Fsp3) is 0.381. The summed E-state index contributed by atoms with van der Waals surface area (Å²) >= 11 is 1.44. The standard InChI is InChI=1S/C21H26N2O5S2/c1-3-28-18-9-8-17(14-20(18)30(25,26)23-10-12-27-13-11-23)22-21(24)15-29-19-7-5-4-6-16(19)2/h4-9,14H,3,10-13,15H2,1-2H3,(H,22,24). The molecule has 1 heterocycles. The Morgan fingerprint density at radius 2 is 1.93 bits per heavy atom. The number of morpholine rings is 1. The van der Waals surface area contributed by atoms with Gasteiger partial charge in [0.25, 0.3) is 0 Å². The highest BCUT2D eigenvalue weighted by Gasteiger charge is 2.29. The van der Waals surface area contributed by atoms with Gasteiger partial charge in [-0.25, -0.2) is 8.42 Å². The van der Waals surface area contributed by atoms with Crippen LogP contribution < -0.4 is 10.1 Å². The molecule has 0 unspecified atom stereocenters. The lowest BCUT2D eigenvalue weighted by Crippen LogP contribution is -2.40. The largest absolute Gasteiger partial charge is 0.492 e. The van der Waals surface area contributed by atoms with Crippen LogP contribution in [0.2, 0.25) is 0 Å². The van der Waals surface area contributed by atoms with Crippen LogP contribution in [0.4, 0.5) is 5.69 Å². The van der Waals surface area contributed by atoms with Crippen molar-refractivity contribution in [2.75, 3.05) is 44.0 Å². The van der Waals surface area contributed by atoms with Crippen molar-refractivity contribution < 1.29 is 22.7 Å². The Labute approximate surface area is 181 Å². The van der Waals surface area contributed by atoms with Gasteiger partial charge in [0.2, 0.25) is 15.9 Å². The molecule has 0 radical (unpaired) electrons. The second-order valence-electron chi connectivity index (χ2n) is 6.71. The highest BCUT2D eigenvalue weighted by molar-refractivity contribution is 8.00. The number of ether oxygens (including phenoxy) is 2. The summed E-state index contributed by atoms with van der Waals surface area (Å²) in [6.07, 6.45) is 0. The molecular formula is C21H26N2O5S2. The Morgan fingerprint density at radius 1 is 1.20 bits per heavy atom. The number of nitrogens with zero attached hydrogens (tertiary/aromatic N) is 1. The number of carbonyl (C=O) groups excluding carboxylic acids is 1. The SMILES string of the molecule is CCOc1ccc(NC(=O)CSc2ccccc2C)cc1S(=O)(=O)N1CCOCC1. The van der Waals surface area contributed by atoms with Crippen molar-refractivity contribution in [2.24, 2.45) is 0 Å². The normalized spacial score (nSPS) is 15.0. The molecule has 162 valence electrons. The summed E-state index contributed by atoms with van der Waals surface area (Å²) in [7, 11) is -3.76. The maximum absolute atomic E-state index is 13.1. The Hall–Kier alpha value is -2.07. The van der Waals surface area contributed by atoms with E-state index in [1.165, 1.54) is 22.1 Å². The van der Waals surface area contributed by atoms with E-state index in [9.17, 15) is 13.2 Å². The van der Waals surface area contributed by atoms with Gasteiger partial charge < -0.3 is 14.8 Å². The Kier molecular flexibility index (Phi) is 7.76. The molecule has 1 N–H and O–H groups in total. The van der Waals surface area contributed by atoms with E-state index in [2.05, 4.69) is 5.32 Å². The van der Waals surface area contributed by atoms with E-state index < -0.39 is 10.0 Å². The van der Waals surface area contributed by atoms with Gasteiger partial charge in [0.05, 0.1) is 25.6 Å². The molecule has 1 saturated heterocycles. The Morgan fingerprint density at radius 3 is 2.63 bits per heavy atom. The number of nitrogens with one attached hydrogen (secondary N) is 1. The fourth-order valence-electron chi connectivity index (χ4n) is 3.05. The minimum absolute atomic E-state index is 0.0515. The monoisotopic (exact) mass is 450 g/mol. The molecule has 2 aromatic rings. The Balaban J connectivity index is 1.76. The van der Waals surface area contributed by atoms with Gasteiger partial charge in [0.15, 0.2) is 0 Å². The number of amides is 1. The molecule has 0 saturated carbocycles. The van der Waals surface area contributed by atoms with Crippen LogP contribution in [0.5, 0.6) is 5.75 Å². The van der Waals surface area contributed by atoms with Crippen LogP contribution in [-0.4, -0.2) is 57.3 Å². The molecule has 0 aromatic heterocycles. The van der Waals surface area contributed by atoms with Gasteiger partial charge in [-0.2, -0.15) is 4.31 Å². The number of hydrogen-bond donors (Lipinski definition) is 1. The maximum atomic E-state index is 13.1. The average molecular weight is 451 g/mol. The molecule has 1 aliphatic rings. The summed E-state index contributed by atoms with van der Waals surface area (Å²) < 4.78 is 38.5. The van der Waals surface area contributed by atoms with Gasteiger partial charge in [0.1, 0.15) is 10.6 Å². The van der Waals surface area contributed by atoms with Crippen molar-refractivity contribution in [3.63, 3.8) is 0 Å². The molecule has 0 atom stereocenters. The van der Waals surface area contributed by atoms with E-state index in [1.54, 1.807) is 19.1 Å². The van der Waals surface area contributed by atoms with Crippen molar-refractivity contribution in [3.05, 3.63) is 48.0 Å². The predicted octanol–water partition coefficient (Wildman–Crippen LogP) is 3.15. The number of rotatable bonds is 8. The molecule has 1 amide bonds. The van der Waals surface area contributed by atoms with Crippen LogP contribution in [0.25, 0.3) is 0 Å². The van der Waals surface area contributed by atoms with Crippen molar-refractivity contribution in [3.8, 4) is 5.75 Å². The van der Waals surface area contributed by atoms with Crippen molar-refractivity contribution in [1.29, 1.82) is 0 Å². The van der Waals surface area contributed by atoms with Crippen molar-refractivity contribution in [1.82, 2.24) is 4.31 Å². The second-order valence-corrected chi connectivity index (χ2v) is 9.64. The summed E-state index contributed by atoms with van der Waals surface area (Å²) in [4.78, 5) is 13.5. The Bertz CT molecular complexity index is 989. The number of hydrogen-bond acceptors (Lipinski definition) is 6. The first kappa shape index (κ1) is 22.6. The number of aryl methyl sites for hydroxylation is 1. The lowest BCUT2D eigenvalue weighted by Gasteiger charge is -2.27. The van der Waals surface area contributed by atoms with Gasteiger partial charge in [-0.3, -0.25) is 4.79 Å². The van der Waals surface area contributed by atoms with Crippen LogP contribution in [0, 0.1) is 6.92 Å². The zero-order valence-corrected chi connectivity index (χ0v) is 18.7. The van der Waals surface area contributed by atoms with Crippen molar-refractivity contribution in [2.45, 2.75) is 23.6 Å². The maximum Gasteiger partial charge on any atom is 0.246 e. The quantitative estimate of drug-likeness (QED) is 0.622. The molecule has 7 nitrogen and oxygen atoms in total. The predicted molar refractivity (Wildman–Crippen MR) is 118 cm³/mol. The van der Waals surface area contributed by atoms with E-state index >= 15 is 0 Å². The molecule has 0 aliphatic carbocycles. The molecule has 1 fully saturated rings. The third kappa shape index (κ3) is 5.54. The summed E-state index contributed by atoms with van der Waals surface area (Å²) in [5, 5.41) is 2.79. The third-order valence-corrected chi connectivity index (χ3v) is 7.66. The van der Waals surface area contributed by atoms with Crippen LogP contribution in [0.3, 0.4) is 0 Å². The van der Waals surface area contributed by atoms with Crippen LogP contribution >= 0.6 is 11.8 Å². The third-order valence-electron chi connectivity index (χ3n) is 4.57. The molecule has 30 heavy (non-hydrogen) atoms. The fourth-order valence-corrected chi connectivity index (χ4v) is 5.44. The molecule has 3 rings (SSSR count). The smallest absolute Gasteiger partial charge is 0.246 e. The first-order valence-electron chi connectivity index (χ1n) is 9.75. The minimum atomic E-state index is -3.76.